The summed E-state index contributed by atoms with van der Waals surface area (Å²) in [4.78, 5) is 23.5. The van der Waals surface area contributed by atoms with E-state index in [9.17, 15) is 4.79 Å². The number of benzene rings is 2. The number of carbonyl (C=O) groups excluding carboxylic acids is 1. The summed E-state index contributed by atoms with van der Waals surface area (Å²) in [5, 5.41) is 3.91. The zero-order valence-electron chi connectivity index (χ0n) is 17.7. The molecule has 2 aromatic carbocycles. The van der Waals surface area contributed by atoms with Crippen LogP contribution in [0.1, 0.15) is 21.5 Å². The Morgan fingerprint density at radius 3 is 2.44 bits per heavy atom. The first-order valence-corrected chi connectivity index (χ1v) is 11.5. The number of rotatable bonds is 11. The number of carbonyl (C=O) groups is 1. The van der Waals surface area contributed by atoms with Gasteiger partial charge in [0.25, 0.3) is 5.91 Å². The van der Waals surface area contributed by atoms with Gasteiger partial charge in [-0.1, -0.05) is 78.0 Å². The Morgan fingerprint density at radius 1 is 1.00 bits per heavy atom. The second-order valence-electron chi connectivity index (χ2n) is 6.97. The van der Waals surface area contributed by atoms with Crippen LogP contribution in [0.2, 0.25) is 5.15 Å². The Balaban J connectivity index is 1.65. The zero-order chi connectivity index (χ0) is 22.8. The first kappa shape index (κ1) is 23.6. The predicted octanol–water partition coefficient (Wildman–Crippen LogP) is 5.53. The Labute approximate surface area is 198 Å². The number of hydrogen-bond acceptors (Lipinski definition) is 5. The maximum absolute atomic E-state index is 12.6. The van der Waals surface area contributed by atoms with Crippen LogP contribution < -0.4 is 10.2 Å². The van der Waals surface area contributed by atoms with Crippen molar-refractivity contribution in [3.05, 3.63) is 108 Å². The topological polar surface area (TPSA) is 58.1 Å². The highest BCUT2D eigenvalue weighted by Gasteiger charge is 2.11. The molecule has 164 valence electrons. The van der Waals surface area contributed by atoms with E-state index in [1.165, 1.54) is 11.8 Å². The average molecular weight is 465 g/mol. The predicted molar refractivity (Wildman–Crippen MR) is 133 cm³/mol. The standard InChI is InChI=1S/C25H25ClN4OS/c1-3-13-30(14-4-2)23-16-22(26)28-25(29-23)32-18-20-11-8-12-21(15-20)24(31)27-17-19-9-6-5-7-10-19/h3-12,15-16H,1-2,13-14,17-18H2,(H,27,31). The molecule has 1 aromatic heterocycles. The van der Waals surface area contributed by atoms with Gasteiger partial charge in [0.05, 0.1) is 0 Å². The molecular weight excluding hydrogens is 440 g/mol. The lowest BCUT2D eigenvalue weighted by atomic mass is 10.1. The molecular formula is C25H25ClN4OS. The highest BCUT2D eigenvalue weighted by Crippen LogP contribution is 2.25. The van der Waals surface area contributed by atoms with Crippen LogP contribution in [0, 0.1) is 0 Å². The summed E-state index contributed by atoms with van der Waals surface area (Å²) in [5.74, 6) is 1.23. The first-order valence-electron chi connectivity index (χ1n) is 10.1. The van der Waals surface area contributed by atoms with E-state index >= 15 is 0 Å². The van der Waals surface area contributed by atoms with E-state index in [2.05, 4.69) is 28.4 Å². The van der Waals surface area contributed by atoms with Crippen LogP contribution in [0.15, 0.2) is 91.1 Å². The minimum absolute atomic E-state index is 0.105. The summed E-state index contributed by atoms with van der Waals surface area (Å²) in [7, 11) is 0. The van der Waals surface area contributed by atoms with Crippen molar-refractivity contribution in [2.75, 3.05) is 18.0 Å². The molecule has 0 spiro atoms. The quantitative estimate of drug-likeness (QED) is 0.175. The SMILES string of the molecule is C=CCN(CC=C)c1cc(Cl)nc(SCc2cccc(C(=O)NCc3ccccc3)c2)n1. The minimum atomic E-state index is -0.105. The van der Waals surface area contributed by atoms with Crippen LogP contribution in [0.4, 0.5) is 5.82 Å². The molecule has 0 saturated heterocycles. The lowest BCUT2D eigenvalue weighted by Crippen LogP contribution is -2.24. The summed E-state index contributed by atoms with van der Waals surface area (Å²) in [6, 6.07) is 19.1. The number of hydrogen-bond donors (Lipinski definition) is 1. The summed E-state index contributed by atoms with van der Waals surface area (Å²) < 4.78 is 0. The average Bonchev–Trinajstić information content (AvgIpc) is 2.81. The van der Waals surface area contributed by atoms with Gasteiger partial charge in [-0.2, -0.15) is 0 Å². The molecule has 1 heterocycles. The number of nitrogens with one attached hydrogen (secondary N) is 1. The number of amides is 1. The molecule has 0 unspecified atom stereocenters. The molecule has 3 aromatic rings. The summed E-state index contributed by atoms with van der Waals surface area (Å²) in [6.07, 6.45) is 3.61. The van der Waals surface area contributed by atoms with E-state index in [1.54, 1.807) is 18.2 Å². The van der Waals surface area contributed by atoms with Crippen molar-refractivity contribution in [1.29, 1.82) is 0 Å². The molecule has 0 fully saturated rings. The van der Waals surface area contributed by atoms with Crippen LogP contribution in [-0.4, -0.2) is 29.0 Å². The smallest absolute Gasteiger partial charge is 0.251 e. The number of aromatic nitrogens is 2. The van der Waals surface area contributed by atoms with Gasteiger partial charge in [-0.3, -0.25) is 4.79 Å². The minimum Gasteiger partial charge on any atom is -0.349 e. The first-order chi connectivity index (χ1) is 15.6. The van der Waals surface area contributed by atoms with Gasteiger partial charge in [-0.05, 0) is 23.3 Å². The fraction of sp³-hybridized carbons (Fsp3) is 0.160. The third-order valence-corrected chi connectivity index (χ3v) is 5.65. The Hall–Kier alpha value is -3.09. The van der Waals surface area contributed by atoms with Gasteiger partial charge in [-0.15, -0.1) is 13.2 Å². The molecule has 0 saturated carbocycles. The molecule has 0 bridgehead atoms. The summed E-state index contributed by atoms with van der Waals surface area (Å²) >= 11 is 7.70. The van der Waals surface area contributed by atoms with Crippen molar-refractivity contribution < 1.29 is 4.79 Å². The van der Waals surface area contributed by atoms with E-state index in [-0.39, 0.29) is 5.91 Å². The maximum Gasteiger partial charge on any atom is 0.251 e. The van der Waals surface area contributed by atoms with Crippen LogP contribution >= 0.6 is 23.4 Å². The van der Waals surface area contributed by atoms with Crippen molar-refractivity contribution in [3.63, 3.8) is 0 Å². The molecule has 1 amide bonds. The van der Waals surface area contributed by atoms with Gasteiger partial charge in [0, 0.05) is 37.0 Å². The number of thioether (sulfide) groups is 1. The number of anilines is 1. The molecule has 1 N–H and O–H groups in total. The van der Waals surface area contributed by atoms with Crippen molar-refractivity contribution in [1.82, 2.24) is 15.3 Å². The maximum atomic E-state index is 12.6. The Bertz CT molecular complexity index is 1060. The van der Waals surface area contributed by atoms with Gasteiger partial charge in [0.15, 0.2) is 5.16 Å². The molecule has 7 heteroatoms. The van der Waals surface area contributed by atoms with Gasteiger partial charge < -0.3 is 10.2 Å². The van der Waals surface area contributed by atoms with E-state index in [4.69, 9.17) is 11.6 Å². The van der Waals surface area contributed by atoms with Crippen molar-refractivity contribution in [2.24, 2.45) is 0 Å². The van der Waals surface area contributed by atoms with Gasteiger partial charge in [-0.25, -0.2) is 9.97 Å². The molecule has 3 rings (SSSR count). The second-order valence-corrected chi connectivity index (χ2v) is 8.30. The Kier molecular flexibility index (Phi) is 8.90. The van der Waals surface area contributed by atoms with Crippen LogP contribution in [-0.2, 0) is 12.3 Å². The Morgan fingerprint density at radius 2 is 1.72 bits per heavy atom. The van der Waals surface area contributed by atoms with Gasteiger partial charge >= 0.3 is 0 Å². The van der Waals surface area contributed by atoms with Crippen LogP contribution in [0.25, 0.3) is 0 Å². The van der Waals surface area contributed by atoms with Crippen molar-refractivity contribution in [2.45, 2.75) is 17.5 Å². The van der Waals surface area contributed by atoms with Gasteiger partial charge in [0.2, 0.25) is 0 Å². The van der Waals surface area contributed by atoms with E-state index < -0.39 is 0 Å². The molecule has 0 aliphatic carbocycles. The molecule has 0 aliphatic heterocycles. The fourth-order valence-corrected chi connectivity index (χ4v) is 4.04. The van der Waals surface area contributed by atoms with E-state index in [0.717, 1.165) is 16.9 Å². The number of nitrogens with zero attached hydrogens (tertiary/aromatic N) is 3. The van der Waals surface area contributed by atoms with E-state index in [0.29, 0.717) is 41.3 Å². The highest BCUT2D eigenvalue weighted by atomic mass is 35.5. The molecule has 5 nitrogen and oxygen atoms in total. The molecule has 0 radical (unpaired) electrons. The number of halogens is 1. The second kappa shape index (κ2) is 12.1. The lowest BCUT2D eigenvalue weighted by molar-refractivity contribution is 0.0951. The third-order valence-electron chi connectivity index (χ3n) is 4.54. The van der Waals surface area contributed by atoms with Crippen LogP contribution in [0.3, 0.4) is 0 Å². The normalized spacial score (nSPS) is 10.4. The van der Waals surface area contributed by atoms with Crippen LogP contribution in [0.5, 0.6) is 0 Å². The molecule has 0 atom stereocenters. The highest BCUT2D eigenvalue weighted by molar-refractivity contribution is 7.98. The molecule has 32 heavy (non-hydrogen) atoms. The zero-order valence-corrected chi connectivity index (χ0v) is 19.3. The van der Waals surface area contributed by atoms with E-state index in [1.807, 2.05) is 59.5 Å². The van der Waals surface area contributed by atoms with Crippen molar-refractivity contribution >= 4 is 35.1 Å². The van der Waals surface area contributed by atoms with Gasteiger partial charge in [0.1, 0.15) is 11.0 Å². The molecule has 0 aliphatic rings. The lowest BCUT2D eigenvalue weighted by Gasteiger charge is -2.20. The third kappa shape index (κ3) is 6.97. The largest absolute Gasteiger partial charge is 0.349 e. The summed E-state index contributed by atoms with van der Waals surface area (Å²) in [5.41, 5.74) is 2.68. The monoisotopic (exact) mass is 464 g/mol. The summed E-state index contributed by atoms with van der Waals surface area (Å²) in [6.45, 7) is 9.33. The fourth-order valence-electron chi connectivity index (χ4n) is 3.02. The van der Waals surface area contributed by atoms with Crippen molar-refractivity contribution in [3.8, 4) is 0 Å².